The third-order valence-corrected chi connectivity index (χ3v) is 4.05. The van der Waals surface area contributed by atoms with Gasteiger partial charge in [-0.25, -0.2) is 9.37 Å². The lowest BCUT2D eigenvalue weighted by molar-refractivity contribution is 0.373. The van der Waals surface area contributed by atoms with Crippen molar-refractivity contribution in [2.75, 3.05) is 31.1 Å². The Kier molecular flexibility index (Phi) is 3.87. The molecule has 1 aromatic carbocycles. The van der Waals surface area contributed by atoms with Crippen LogP contribution in [-0.4, -0.2) is 36.1 Å². The van der Waals surface area contributed by atoms with E-state index in [9.17, 15) is 4.39 Å². The van der Waals surface area contributed by atoms with Gasteiger partial charge in [0.2, 0.25) is 5.95 Å². The van der Waals surface area contributed by atoms with E-state index >= 15 is 0 Å². The Morgan fingerprint density at radius 3 is 2.90 bits per heavy atom. The van der Waals surface area contributed by atoms with Gasteiger partial charge in [-0.1, -0.05) is 0 Å². The molecule has 1 aromatic heterocycles. The molecule has 2 N–H and O–H groups in total. The predicted octanol–water partition coefficient (Wildman–Crippen LogP) is 2.53. The Morgan fingerprint density at radius 1 is 1.35 bits per heavy atom. The van der Waals surface area contributed by atoms with Crippen molar-refractivity contribution in [3.05, 3.63) is 24.0 Å². The summed E-state index contributed by atoms with van der Waals surface area (Å²) in [7, 11) is 0. The minimum absolute atomic E-state index is 0.228. The average molecular weight is 276 g/mol. The maximum Gasteiger partial charge on any atom is 0.203 e. The van der Waals surface area contributed by atoms with Crippen molar-refractivity contribution in [2.45, 2.75) is 19.8 Å². The lowest BCUT2D eigenvalue weighted by atomic mass is 9.98. The molecule has 3 rings (SSSR count). The SMILES string of the molecule is CCN(CC1CCNCC1)c1nc2ccc(F)cc2[nH]1. The molecule has 20 heavy (non-hydrogen) atoms. The fourth-order valence-electron chi connectivity index (χ4n) is 2.86. The zero-order valence-electron chi connectivity index (χ0n) is 11.8. The van der Waals surface area contributed by atoms with Crippen LogP contribution in [0.5, 0.6) is 0 Å². The highest BCUT2D eigenvalue weighted by molar-refractivity contribution is 5.77. The highest BCUT2D eigenvalue weighted by atomic mass is 19.1. The number of halogens is 1. The summed E-state index contributed by atoms with van der Waals surface area (Å²) in [6.07, 6.45) is 2.43. The number of benzene rings is 1. The normalized spacial score (nSPS) is 16.7. The maximum absolute atomic E-state index is 13.2. The van der Waals surface area contributed by atoms with Gasteiger partial charge in [-0.3, -0.25) is 0 Å². The first-order chi connectivity index (χ1) is 9.76. The molecule has 0 atom stereocenters. The Morgan fingerprint density at radius 2 is 2.15 bits per heavy atom. The lowest BCUT2D eigenvalue weighted by Crippen LogP contribution is -2.36. The molecular formula is C15H21FN4. The van der Waals surface area contributed by atoms with Crippen molar-refractivity contribution in [2.24, 2.45) is 5.92 Å². The van der Waals surface area contributed by atoms with Crippen LogP contribution < -0.4 is 10.2 Å². The number of imidazole rings is 1. The van der Waals surface area contributed by atoms with Gasteiger partial charge in [0.25, 0.3) is 0 Å². The molecule has 0 amide bonds. The number of H-pyrrole nitrogens is 1. The molecule has 0 spiro atoms. The molecule has 0 saturated carbocycles. The Labute approximate surface area is 118 Å². The summed E-state index contributed by atoms with van der Waals surface area (Å²) in [5.41, 5.74) is 1.59. The number of aromatic nitrogens is 2. The number of piperidine rings is 1. The summed E-state index contributed by atoms with van der Waals surface area (Å²) in [5, 5.41) is 3.39. The second-order valence-corrected chi connectivity index (χ2v) is 5.45. The first-order valence-electron chi connectivity index (χ1n) is 7.37. The highest BCUT2D eigenvalue weighted by Crippen LogP contribution is 2.21. The molecule has 1 aliphatic heterocycles. The van der Waals surface area contributed by atoms with E-state index in [0.29, 0.717) is 5.92 Å². The van der Waals surface area contributed by atoms with Crippen molar-refractivity contribution in [3.63, 3.8) is 0 Å². The first kappa shape index (κ1) is 13.4. The topological polar surface area (TPSA) is 44.0 Å². The summed E-state index contributed by atoms with van der Waals surface area (Å²) < 4.78 is 13.2. The highest BCUT2D eigenvalue weighted by Gasteiger charge is 2.18. The van der Waals surface area contributed by atoms with Crippen molar-refractivity contribution >= 4 is 17.0 Å². The molecule has 4 nitrogen and oxygen atoms in total. The molecule has 2 heterocycles. The van der Waals surface area contributed by atoms with Gasteiger partial charge in [0.05, 0.1) is 11.0 Å². The van der Waals surface area contributed by atoms with Gasteiger partial charge in [-0.05, 0) is 57.0 Å². The smallest absolute Gasteiger partial charge is 0.203 e. The predicted molar refractivity (Wildman–Crippen MR) is 79.5 cm³/mol. The van der Waals surface area contributed by atoms with Gasteiger partial charge in [-0.15, -0.1) is 0 Å². The van der Waals surface area contributed by atoms with Crippen LogP contribution in [0.3, 0.4) is 0 Å². The first-order valence-corrected chi connectivity index (χ1v) is 7.37. The van der Waals surface area contributed by atoms with Crippen molar-refractivity contribution in [3.8, 4) is 0 Å². The number of fused-ring (bicyclic) bond motifs is 1. The fraction of sp³-hybridized carbons (Fsp3) is 0.533. The van der Waals surface area contributed by atoms with E-state index in [4.69, 9.17) is 0 Å². The lowest BCUT2D eigenvalue weighted by Gasteiger charge is -2.29. The van der Waals surface area contributed by atoms with Gasteiger partial charge in [-0.2, -0.15) is 0 Å². The number of nitrogens with zero attached hydrogens (tertiary/aromatic N) is 2. The second kappa shape index (κ2) is 5.79. The molecule has 1 aliphatic rings. The van der Waals surface area contributed by atoms with E-state index in [1.165, 1.54) is 25.0 Å². The van der Waals surface area contributed by atoms with Crippen molar-refractivity contribution < 1.29 is 4.39 Å². The Bertz CT molecular complexity index is 574. The fourth-order valence-corrected chi connectivity index (χ4v) is 2.86. The van der Waals surface area contributed by atoms with Crippen molar-refractivity contribution in [1.29, 1.82) is 0 Å². The largest absolute Gasteiger partial charge is 0.342 e. The van der Waals surface area contributed by atoms with Crippen LogP contribution in [0, 0.1) is 11.7 Å². The molecule has 1 fully saturated rings. The second-order valence-electron chi connectivity index (χ2n) is 5.45. The molecule has 0 aliphatic carbocycles. The molecule has 2 aromatic rings. The molecular weight excluding hydrogens is 255 g/mol. The molecule has 108 valence electrons. The van der Waals surface area contributed by atoms with E-state index in [2.05, 4.69) is 27.1 Å². The van der Waals surface area contributed by atoms with Crippen LogP contribution in [-0.2, 0) is 0 Å². The van der Waals surface area contributed by atoms with Gasteiger partial charge in [0.15, 0.2) is 0 Å². The third kappa shape index (κ3) is 2.77. The number of aromatic amines is 1. The van der Waals surface area contributed by atoms with Crippen LogP contribution >= 0.6 is 0 Å². The van der Waals surface area contributed by atoms with Gasteiger partial charge in [0.1, 0.15) is 5.82 Å². The average Bonchev–Trinajstić information content (AvgIpc) is 2.88. The van der Waals surface area contributed by atoms with Gasteiger partial charge in [0, 0.05) is 13.1 Å². The maximum atomic E-state index is 13.2. The van der Waals surface area contributed by atoms with Crippen LogP contribution in [0.15, 0.2) is 18.2 Å². The molecule has 0 bridgehead atoms. The van der Waals surface area contributed by atoms with E-state index in [1.807, 2.05) is 0 Å². The standard InChI is InChI=1S/C15H21FN4/c1-2-20(10-11-5-7-17-8-6-11)15-18-13-4-3-12(16)9-14(13)19-15/h3-4,9,11,17H,2,5-8,10H2,1H3,(H,18,19). The summed E-state index contributed by atoms with van der Waals surface area (Å²) in [6.45, 7) is 6.27. The molecule has 5 heteroatoms. The van der Waals surface area contributed by atoms with Crippen molar-refractivity contribution in [1.82, 2.24) is 15.3 Å². The monoisotopic (exact) mass is 276 g/mol. The van der Waals surface area contributed by atoms with Gasteiger partial charge >= 0.3 is 0 Å². The van der Waals surface area contributed by atoms with Crippen LogP contribution in [0.25, 0.3) is 11.0 Å². The van der Waals surface area contributed by atoms with Crippen LogP contribution in [0.2, 0.25) is 0 Å². The molecule has 0 radical (unpaired) electrons. The minimum Gasteiger partial charge on any atom is -0.342 e. The zero-order valence-corrected chi connectivity index (χ0v) is 11.8. The summed E-state index contributed by atoms with van der Waals surface area (Å²) in [4.78, 5) is 10.1. The summed E-state index contributed by atoms with van der Waals surface area (Å²) >= 11 is 0. The number of nitrogens with one attached hydrogen (secondary N) is 2. The number of anilines is 1. The Balaban J connectivity index is 1.79. The quantitative estimate of drug-likeness (QED) is 0.902. The number of hydrogen-bond acceptors (Lipinski definition) is 3. The molecule has 1 saturated heterocycles. The zero-order chi connectivity index (χ0) is 13.9. The summed E-state index contributed by atoms with van der Waals surface area (Å²) in [6, 6.07) is 4.68. The van der Waals surface area contributed by atoms with E-state index in [-0.39, 0.29) is 5.82 Å². The van der Waals surface area contributed by atoms with Gasteiger partial charge < -0.3 is 15.2 Å². The van der Waals surface area contributed by atoms with Crippen LogP contribution in [0.4, 0.5) is 10.3 Å². The van der Waals surface area contributed by atoms with E-state index in [1.54, 1.807) is 6.07 Å². The van der Waals surface area contributed by atoms with Crippen LogP contribution in [0.1, 0.15) is 19.8 Å². The van der Waals surface area contributed by atoms with E-state index in [0.717, 1.165) is 43.2 Å². The Hall–Kier alpha value is -1.62. The molecule has 0 unspecified atom stereocenters. The van der Waals surface area contributed by atoms with E-state index < -0.39 is 0 Å². The number of hydrogen-bond donors (Lipinski definition) is 2. The minimum atomic E-state index is -0.228. The number of rotatable bonds is 4. The summed E-state index contributed by atoms with van der Waals surface area (Å²) in [5.74, 6) is 1.34. The third-order valence-electron chi connectivity index (χ3n) is 4.05.